The Balaban J connectivity index is 1.37. The van der Waals surface area contributed by atoms with Gasteiger partial charge in [0.15, 0.2) is 6.61 Å². The van der Waals surface area contributed by atoms with Crippen molar-refractivity contribution in [1.82, 2.24) is 0 Å². The third kappa shape index (κ3) is 3.74. The number of nitrogens with zero attached hydrogens (tertiary/aromatic N) is 1. The van der Waals surface area contributed by atoms with Crippen molar-refractivity contribution in [2.75, 3.05) is 29.6 Å². The smallest absolute Gasteiger partial charge is 0.264 e. The number of para-hydroxylation sites is 1. The van der Waals surface area contributed by atoms with Crippen LogP contribution in [-0.4, -0.2) is 30.6 Å². The molecular formula is C21H23NO2S2. The molecule has 136 valence electrons. The van der Waals surface area contributed by atoms with Crippen LogP contribution in [0.25, 0.3) is 0 Å². The molecule has 3 nitrogen and oxygen atoms in total. The molecule has 0 atom stereocenters. The van der Waals surface area contributed by atoms with Gasteiger partial charge in [0.25, 0.3) is 5.91 Å². The van der Waals surface area contributed by atoms with E-state index < -0.39 is 0 Å². The molecule has 0 bridgehead atoms. The third-order valence-electron chi connectivity index (χ3n) is 4.84. The lowest BCUT2D eigenvalue weighted by atomic mass is 10.1. The van der Waals surface area contributed by atoms with Crippen LogP contribution in [0.15, 0.2) is 42.5 Å². The van der Waals surface area contributed by atoms with Gasteiger partial charge in [-0.05, 0) is 60.1 Å². The summed E-state index contributed by atoms with van der Waals surface area (Å²) in [7, 11) is 0. The summed E-state index contributed by atoms with van der Waals surface area (Å²) in [4.78, 5) is 14.5. The van der Waals surface area contributed by atoms with E-state index in [9.17, 15) is 4.79 Å². The van der Waals surface area contributed by atoms with Crippen LogP contribution in [0, 0.1) is 6.92 Å². The average molecular weight is 386 g/mol. The Labute approximate surface area is 163 Å². The lowest BCUT2D eigenvalue weighted by Gasteiger charge is -2.21. The van der Waals surface area contributed by atoms with Gasteiger partial charge < -0.3 is 9.64 Å². The van der Waals surface area contributed by atoms with Gasteiger partial charge in [-0.1, -0.05) is 30.3 Å². The Morgan fingerprint density at radius 2 is 1.92 bits per heavy atom. The molecule has 0 radical (unpaired) electrons. The van der Waals surface area contributed by atoms with E-state index in [1.54, 1.807) is 0 Å². The second-order valence-corrected chi connectivity index (χ2v) is 9.39. The van der Waals surface area contributed by atoms with Crippen molar-refractivity contribution >= 4 is 35.1 Å². The first-order valence-corrected chi connectivity index (χ1v) is 11.2. The summed E-state index contributed by atoms with van der Waals surface area (Å²) in [6, 6.07) is 14.5. The average Bonchev–Trinajstić information content (AvgIpc) is 3.13. The number of carbonyl (C=O) groups excluding carboxylic acids is 1. The van der Waals surface area contributed by atoms with E-state index in [0.29, 0.717) is 4.58 Å². The van der Waals surface area contributed by atoms with Crippen molar-refractivity contribution in [2.45, 2.75) is 24.3 Å². The van der Waals surface area contributed by atoms with Crippen molar-refractivity contribution in [1.29, 1.82) is 0 Å². The third-order valence-corrected chi connectivity index (χ3v) is 7.85. The molecule has 2 heterocycles. The predicted molar refractivity (Wildman–Crippen MR) is 111 cm³/mol. The van der Waals surface area contributed by atoms with Gasteiger partial charge in [0.2, 0.25) is 0 Å². The van der Waals surface area contributed by atoms with E-state index in [-0.39, 0.29) is 12.5 Å². The van der Waals surface area contributed by atoms with Crippen molar-refractivity contribution in [3.05, 3.63) is 59.2 Å². The lowest BCUT2D eigenvalue weighted by Crippen LogP contribution is -2.33. The van der Waals surface area contributed by atoms with Crippen molar-refractivity contribution < 1.29 is 9.53 Å². The molecule has 2 aliphatic heterocycles. The Morgan fingerprint density at radius 3 is 2.69 bits per heavy atom. The van der Waals surface area contributed by atoms with Crippen LogP contribution >= 0.6 is 23.5 Å². The minimum Gasteiger partial charge on any atom is -0.484 e. The highest BCUT2D eigenvalue weighted by Gasteiger charge is 2.26. The number of carbonyl (C=O) groups is 1. The van der Waals surface area contributed by atoms with E-state index in [4.69, 9.17) is 4.74 Å². The number of rotatable bonds is 4. The number of thioether (sulfide) groups is 2. The molecular weight excluding hydrogens is 362 g/mol. The fourth-order valence-electron chi connectivity index (χ4n) is 3.53. The number of amides is 1. The molecule has 4 rings (SSSR count). The van der Waals surface area contributed by atoms with Crippen LogP contribution in [0.3, 0.4) is 0 Å². The predicted octanol–water partition coefficient (Wildman–Crippen LogP) is 4.83. The molecule has 26 heavy (non-hydrogen) atoms. The zero-order valence-electron chi connectivity index (χ0n) is 14.9. The highest BCUT2D eigenvalue weighted by molar-refractivity contribution is 8.16. The highest BCUT2D eigenvalue weighted by atomic mass is 32.2. The van der Waals surface area contributed by atoms with Crippen LogP contribution in [0.2, 0.25) is 0 Å². The normalized spacial score (nSPS) is 17.2. The van der Waals surface area contributed by atoms with Gasteiger partial charge in [-0.2, -0.15) is 0 Å². The van der Waals surface area contributed by atoms with Crippen LogP contribution < -0.4 is 9.64 Å². The number of aryl methyl sites for hydroxylation is 1. The van der Waals surface area contributed by atoms with Crippen LogP contribution in [0.5, 0.6) is 5.75 Å². The summed E-state index contributed by atoms with van der Waals surface area (Å²) in [5, 5.41) is 0. The topological polar surface area (TPSA) is 29.5 Å². The summed E-state index contributed by atoms with van der Waals surface area (Å²) < 4.78 is 6.30. The number of fused-ring (bicyclic) bond motifs is 1. The number of anilines is 1. The van der Waals surface area contributed by atoms with Gasteiger partial charge in [-0.25, -0.2) is 0 Å². The molecule has 2 aliphatic rings. The van der Waals surface area contributed by atoms with Gasteiger partial charge in [0, 0.05) is 12.2 Å². The standard InChI is InChI=1S/C21H23NO2S2/c1-15-4-2-5-16-10-11-22(20(15)16)19(23)14-24-18-8-6-17(7-9-18)21-25-12-3-13-26-21/h2,4-9,21H,3,10-14H2,1H3. The number of ether oxygens (including phenoxy) is 1. The van der Waals surface area contributed by atoms with Gasteiger partial charge in [-0.3, -0.25) is 4.79 Å². The maximum atomic E-state index is 12.6. The molecule has 0 unspecified atom stereocenters. The minimum absolute atomic E-state index is 0.0283. The van der Waals surface area contributed by atoms with Crippen LogP contribution in [0.1, 0.15) is 27.7 Å². The summed E-state index contributed by atoms with van der Waals surface area (Å²) in [5.74, 6) is 3.26. The second kappa shape index (κ2) is 7.97. The van der Waals surface area contributed by atoms with Gasteiger partial charge >= 0.3 is 0 Å². The molecule has 0 aromatic heterocycles. The molecule has 2 aromatic carbocycles. The minimum atomic E-state index is 0.0283. The molecule has 1 amide bonds. The number of hydrogen-bond donors (Lipinski definition) is 0. The molecule has 0 aliphatic carbocycles. The van der Waals surface area contributed by atoms with Crippen molar-refractivity contribution in [3.8, 4) is 5.75 Å². The molecule has 0 saturated carbocycles. The zero-order chi connectivity index (χ0) is 17.9. The molecule has 0 N–H and O–H groups in total. The summed E-state index contributed by atoms with van der Waals surface area (Å²) in [5.41, 5.74) is 4.82. The quantitative estimate of drug-likeness (QED) is 0.754. The van der Waals surface area contributed by atoms with Crippen molar-refractivity contribution in [2.24, 2.45) is 0 Å². The Kier molecular flexibility index (Phi) is 5.46. The van der Waals surface area contributed by atoms with E-state index in [1.165, 1.54) is 29.1 Å². The first-order chi connectivity index (χ1) is 12.7. The van der Waals surface area contributed by atoms with E-state index in [0.717, 1.165) is 30.0 Å². The Hall–Kier alpha value is -1.59. The molecule has 5 heteroatoms. The molecule has 1 fully saturated rings. The summed E-state index contributed by atoms with van der Waals surface area (Å²) in [6.07, 6.45) is 2.22. The number of benzene rings is 2. The van der Waals surface area contributed by atoms with E-state index in [1.807, 2.05) is 40.6 Å². The second-order valence-electron chi connectivity index (χ2n) is 6.66. The van der Waals surface area contributed by atoms with E-state index >= 15 is 0 Å². The monoisotopic (exact) mass is 385 g/mol. The molecule has 1 saturated heterocycles. The first-order valence-electron chi connectivity index (χ1n) is 9.07. The van der Waals surface area contributed by atoms with Crippen LogP contribution in [0.4, 0.5) is 5.69 Å². The Bertz CT molecular complexity index is 785. The van der Waals surface area contributed by atoms with Gasteiger partial charge in [0.1, 0.15) is 5.75 Å². The van der Waals surface area contributed by atoms with Crippen molar-refractivity contribution in [3.63, 3.8) is 0 Å². The fraction of sp³-hybridized carbons (Fsp3) is 0.381. The lowest BCUT2D eigenvalue weighted by molar-refractivity contribution is -0.120. The first kappa shape index (κ1) is 17.8. The maximum absolute atomic E-state index is 12.6. The fourth-order valence-corrected chi connectivity index (χ4v) is 6.42. The van der Waals surface area contributed by atoms with Gasteiger partial charge in [0.05, 0.1) is 4.58 Å². The van der Waals surface area contributed by atoms with Crippen LogP contribution in [-0.2, 0) is 11.2 Å². The van der Waals surface area contributed by atoms with E-state index in [2.05, 4.69) is 37.3 Å². The SMILES string of the molecule is Cc1cccc2c1N(C(=O)COc1ccc(C3SCCCS3)cc1)CC2. The maximum Gasteiger partial charge on any atom is 0.264 e. The highest BCUT2D eigenvalue weighted by Crippen LogP contribution is 2.43. The summed E-state index contributed by atoms with van der Waals surface area (Å²) >= 11 is 4.03. The zero-order valence-corrected chi connectivity index (χ0v) is 16.6. The molecule has 2 aromatic rings. The summed E-state index contributed by atoms with van der Waals surface area (Å²) in [6.45, 7) is 2.89. The Morgan fingerprint density at radius 1 is 1.15 bits per heavy atom. The number of hydrogen-bond acceptors (Lipinski definition) is 4. The van der Waals surface area contributed by atoms with Gasteiger partial charge in [-0.15, -0.1) is 23.5 Å². The largest absolute Gasteiger partial charge is 0.484 e. The molecule has 0 spiro atoms.